The molecule has 120 valence electrons. The van der Waals surface area contributed by atoms with Crippen LogP contribution in [0.4, 0.5) is 8.78 Å². The molecule has 0 spiro atoms. The molecule has 0 saturated heterocycles. The molecule has 0 aromatic carbocycles. The summed E-state index contributed by atoms with van der Waals surface area (Å²) in [6.45, 7) is 1.60. The molecule has 2 rings (SSSR count). The number of nitrogens with two attached hydrogens (primary N) is 1. The maximum absolute atomic E-state index is 13.3. The van der Waals surface area contributed by atoms with Gasteiger partial charge in [0.05, 0.1) is 29.0 Å². The molecule has 7 heteroatoms. The zero-order valence-electron chi connectivity index (χ0n) is 12.5. The van der Waals surface area contributed by atoms with E-state index in [-0.39, 0.29) is 24.8 Å². The molecule has 1 fully saturated rings. The molecule has 4 nitrogen and oxygen atoms in total. The van der Waals surface area contributed by atoms with E-state index in [1.165, 1.54) is 0 Å². The molecule has 1 atom stereocenters. The lowest BCUT2D eigenvalue weighted by molar-refractivity contribution is -0.0486. The standard InChI is InChI=1S/C14H23BrF2N4/c1-20(2)7-8-21-13(11(15)9-19-21)12(18)10-3-5-14(16,17)6-4-10/h9-10,12H,3-8,18H2,1-2H3. The first-order chi connectivity index (χ1) is 9.80. The predicted molar refractivity (Wildman–Crippen MR) is 82.3 cm³/mol. The Morgan fingerprint density at radius 3 is 2.67 bits per heavy atom. The minimum absolute atomic E-state index is 0.0607. The molecule has 2 N–H and O–H groups in total. The first-order valence-corrected chi connectivity index (χ1v) is 8.09. The van der Waals surface area contributed by atoms with Gasteiger partial charge in [-0.1, -0.05) is 0 Å². The number of rotatable bonds is 5. The smallest absolute Gasteiger partial charge is 0.248 e. The van der Waals surface area contributed by atoms with Crippen molar-refractivity contribution in [3.05, 3.63) is 16.4 Å². The molecular weight excluding hydrogens is 342 g/mol. The molecule has 0 amide bonds. The van der Waals surface area contributed by atoms with Crippen LogP contribution in [0.15, 0.2) is 10.7 Å². The largest absolute Gasteiger partial charge is 0.322 e. The molecule has 21 heavy (non-hydrogen) atoms. The van der Waals surface area contributed by atoms with Gasteiger partial charge in [0.1, 0.15) is 0 Å². The zero-order valence-corrected chi connectivity index (χ0v) is 14.1. The van der Waals surface area contributed by atoms with Crippen molar-refractivity contribution in [1.82, 2.24) is 14.7 Å². The van der Waals surface area contributed by atoms with Crippen molar-refractivity contribution in [1.29, 1.82) is 0 Å². The number of likely N-dealkylation sites (N-methyl/N-ethyl adjacent to an activating group) is 1. The number of aromatic nitrogens is 2. The molecule has 1 saturated carbocycles. The van der Waals surface area contributed by atoms with E-state index in [2.05, 4.69) is 25.9 Å². The second kappa shape index (κ2) is 6.71. The zero-order chi connectivity index (χ0) is 15.6. The lowest BCUT2D eigenvalue weighted by atomic mass is 9.81. The fraction of sp³-hybridized carbons (Fsp3) is 0.786. The van der Waals surface area contributed by atoms with Gasteiger partial charge in [-0.25, -0.2) is 8.78 Å². The Morgan fingerprint density at radius 1 is 1.48 bits per heavy atom. The third-order valence-electron chi connectivity index (χ3n) is 4.18. The summed E-state index contributed by atoms with van der Waals surface area (Å²) in [4.78, 5) is 2.08. The molecule has 0 radical (unpaired) electrons. The van der Waals surface area contributed by atoms with Crippen LogP contribution in [0.5, 0.6) is 0 Å². The fourth-order valence-electron chi connectivity index (χ4n) is 2.82. The van der Waals surface area contributed by atoms with Crippen LogP contribution >= 0.6 is 15.9 Å². The Bertz CT molecular complexity index is 466. The van der Waals surface area contributed by atoms with E-state index in [9.17, 15) is 8.78 Å². The average molecular weight is 365 g/mol. The van der Waals surface area contributed by atoms with E-state index in [1.807, 2.05) is 18.8 Å². The van der Waals surface area contributed by atoms with E-state index in [0.29, 0.717) is 12.8 Å². The van der Waals surface area contributed by atoms with Crippen LogP contribution in [0.2, 0.25) is 0 Å². The SMILES string of the molecule is CN(C)CCn1ncc(Br)c1C(N)C1CCC(F)(F)CC1. The quantitative estimate of drug-likeness (QED) is 0.873. The number of alkyl halides is 2. The van der Waals surface area contributed by atoms with Gasteiger partial charge in [-0.3, -0.25) is 4.68 Å². The molecule has 1 aromatic rings. The normalized spacial score (nSPS) is 20.9. The Kier molecular flexibility index (Phi) is 5.38. The van der Waals surface area contributed by atoms with Gasteiger partial charge in [0.25, 0.3) is 0 Å². The van der Waals surface area contributed by atoms with E-state index in [1.54, 1.807) is 6.20 Å². The highest BCUT2D eigenvalue weighted by molar-refractivity contribution is 9.10. The second-order valence-corrected chi connectivity index (χ2v) is 6.98. The maximum atomic E-state index is 13.3. The van der Waals surface area contributed by atoms with Crippen LogP contribution in [0.1, 0.15) is 37.4 Å². The molecule has 0 aliphatic heterocycles. The number of hydrogen-bond acceptors (Lipinski definition) is 3. The van der Waals surface area contributed by atoms with Gasteiger partial charge < -0.3 is 10.6 Å². The van der Waals surface area contributed by atoms with Crippen LogP contribution in [-0.2, 0) is 6.54 Å². The van der Waals surface area contributed by atoms with Gasteiger partial charge in [-0.2, -0.15) is 5.10 Å². The first-order valence-electron chi connectivity index (χ1n) is 7.29. The van der Waals surface area contributed by atoms with Gasteiger partial charge in [0, 0.05) is 19.4 Å². The van der Waals surface area contributed by atoms with E-state index in [4.69, 9.17) is 5.73 Å². The van der Waals surface area contributed by atoms with Crippen molar-refractivity contribution in [2.24, 2.45) is 11.7 Å². The van der Waals surface area contributed by atoms with Crippen molar-refractivity contribution < 1.29 is 8.78 Å². The summed E-state index contributed by atoms with van der Waals surface area (Å²) in [7, 11) is 4.00. The number of halogens is 3. The van der Waals surface area contributed by atoms with Crippen LogP contribution in [0.3, 0.4) is 0 Å². The minimum Gasteiger partial charge on any atom is -0.322 e. The van der Waals surface area contributed by atoms with Gasteiger partial charge >= 0.3 is 0 Å². The molecule has 1 unspecified atom stereocenters. The van der Waals surface area contributed by atoms with E-state index < -0.39 is 5.92 Å². The summed E-state index contributed by atoms with van der Waals surface area (Å²) in [6, 6.07) is -0.250. The number of nitrogens with zero attached hydrogens (tertiary/aromatic N) is 3. The van der Waals surface area contributed by atoms with Crippen molar-refractivity contribution in [3.63, 3.8) is 0 Å². The van der Waals surface area contributed by atoms with E-state index in [0.717, 1.165) is 23.3 Å². The Hall–Kier alpha value is -0.530. The van der Waals surface area contributed by atoms with Gasteiger partial charge in [0.15, 0.2) is 0 Å². The third-order valence-corrected chi connectivity index (χ3v) is 4.79. The molecule has 1 aromatic heterocycles. The van der Waals surface area contributed by atoms with Gasteiger partial charge in [-0.05, 0) is 48.8 Å². The van der Waals surface area contributed by atoms with Crippen LogP contribution < -0.4 is 5.73 Å². The average Bonchev–Trinajstić information content (AvgIpc) is 2.76. The first kappa shape index (κ1) is 16.8. The van der Waals surface area contributed by atoms with Crippen LogP contribution in [0, 0.1) is 5.92 Å². The highest BCUT2D eigenvalue weighted by Crippen LogP contribution is 2.41. The van der Waals surface area contributed by atoms with Crippen molar-refractivity contribution in [3.8, 4) is 0 Å². The fourth-order valence-corrected chi connectivity index (χ4v) is 3.38. The topological polar surface area (TPSA) is 47.1 Å². The summed E-state index contributed by atoms with van der Waals surface area (Å²) >= 11 is 3.49. The van der Waals surface area contributed by atoms with Crippen LogP contribution in [-0.4, -0.2) is 41.2 Å². The molecule has 1 aliphatic rings. The van der Waals surface area contributed by atoms with Crippen molar-refractivity contribution in [2.45, 2.75) is 44.2 Å². The summed E-state index contributed by atoms with van der Waals surface area (Å²) in [5.41, 5.74) is 7.28. The van der Waals surface area contributed by atoms with Gasteiger partial charge in [-0.15, -0.1) is 0 Å². The second-order valence-electron chi connectivity index (χ2n) is 6.12. The van der Waals surface area contributed by atoms with Crippen molar-refractivity contribution in [2.75, 3.05) is 20.6 Å². The van der Waals surface area contributed by atoms with Crippen molar-refractivity contribution >= 4 is 15.9 Å². The Balaban J connectivity index is 2.08. The van der Waals surface area contributed by atoms with Crippen LogP contribution in [0.25, 0.3) is 0 Å². The summed E-state index contributed by atoms with van der Waals surface area (Å²) in [6.07, 6.45) is 2.56. The molecule has 0 bridgehead atoms. The maximum Gasteiger partial charge on any atom is 0.248 e. The monoisotopic (exact) mass is 364 g/mol. The lowest BCUT2D eigenvalue weighted by Gasteiger charge is -2.32. The lowest BCUT2D eigenvalue weighted by Crippen LogP contribution is -2.33. The Morgan fingerprint density at radius 2 is 2.10 bits per heavy atom. The van der Waals surface area contributed by atoms with E-state index >= 15 is 0 Å². The highest BCUT2D eigenvalue weighted by atomic mass is 79.9. The predicted octanol–water partition coefficient (Wildman–Crippen LogP) is 3.03. The minimum atomic E-state index is -2.52. The molecule has 1 aliphatic carbocycles. The summed E-state index contributed by atoms with van der Waals surface area (Å²) < 4.78 is 29.3. The third kappa shape index (κ3) is 4.23. The summed E-state index contributed by atoms with van der Waals surface area (Å²) in [5, 5.41) is 4.35. The summed E-state index contributed by atoms with van der Waals surface area (Å²) in [5.74, 6) is -2.42. The van der Waals surface area contributed by atoms with Gasteiger partial charge in [0.2, 0.25) is 5.92 Å². The molecular formula is C14H23BrF2N4. The highest BCUT2D eigenvalue weighted by Gasteiger charge is 2.38. The number of hydrogen-bond donors (Lipinski definition) is 1. The Labute approximate surface area is 132 Å². The molecule has 1 heterocycles.